The Kier molecular flexibility index (Phi) is 9.46. The summed E-state index contributed by atoms with van der Waals surface area (Å²) in [6.07, 6.45) is 14.9. The smallest absolute Gasteiger partial charge is 0.272 e. The van der Waals surface area contributed by atoms with Gasteiger partial charge in [0.15, 0.2) is 0 Å². The predicted octanol–water partition coefficient (Wildman–Crippen LogP) is 6.03. The molecule has 1 rings (SSSR count). The normalized spacial score (nSPS) is 18.1. The van der Waals surface area contributed by atoms with E-state index in [-0.39, 0.29) is 13.1 Å². The van der Waals surface area contributed by atoms with Crippen LogP contribution in [0.15, 0.2) is 0 Å². The van der Waals surface area contributed by atoms with Crippen LogP contribution in [-0.2, 0) is 0 Å². The number of halogens is 2. The molecule has 0 aromatic rings. The third-order valence-electron chi connectivity index (χ3n) is 4.67. The molecule has 1 aliphatic rings. The molecule has 0 saturated carbocycles. The third kappa shape index (κ3) is 8.13. The number of likely N-dealkylation sites (tertiary alicyclic amines) is 1. The number of alkyl halides is 2. The van der Waals surface area contributed by atoms with E-state index in [1.807, 2.05) is 4.90 Å². The van der Waals surface area contributed by atoms with Crippen molar-refractivity contribution >= 4 is 0 Å². The maximum absolute atomic E-state index is 13.1. The van der Waals surface area contributed by atoms with Gasteiger partial charge in [0.25, 0.3) is 5.92 Å². The molecular formula is C18H35F2N. The van der Waals surface area contributed by atoms with E-state index in [0.29, 0.717) is 6.04 Å². The maximum atomic E-state index is 13.1. The molecular weight excluding hydrogens is 268 g/mol. The second-order valence-corrected chi connectivity index (χ2v) is 6.82. The topological polar surface area (TPSA) is 3.24 Å². The predicted molar refractivity (Wildman–Crippen MR) is 87.1 cm³/mol. The highest BCUT2D eigenvalue weighted by Gasteiger charge is 2.46. The molecule has 1 fully saturated rings. The van der Waals surface area contributed by atoms with E-state index in [1.165, 1.54) is 64.2 Å². The van der Waals surface area contributed by atoms with Crippen molar-refractivity contribution in [3.05, 3.63) is 0 Å². The van der Waals surface area contributed by atoms with E-state index in [4.69, 9.17) is 0 Å². The highest BCUT2D eigenvalue weighted by atomic mass is 19.3. The Labute approximate surface area is 130 Å². The fourth-order valence-corrected chi connectivity index (χ4v) is 3.28. The second kappa shape index (κ2) is 10.5. The Balaban J connectivity index is 2.19. The molecule has 21 heavy (non-hydrogen) atoms. The molecule has 1 heterocycles. The van der Waals surface area contributed by atoms with E-state index in [9.17, 15) is 8.78 Å². The van der Waals surface area contributed by atoms with E-state index in [1.54, 1.807) is 0 Å². The van der Waals surface area contributed by atoms with Crippen LogP contribution in [0, 0.1) is 0 Å². The molecule has 1 saturated heterocycles. The van der Waals surface area contributed by atoms with Crippen molar-refractivity contribution in [2.45, 2.75) is 103 Å². The summed E-state index contributed by atoms with van der Waals surface area (Å²) in [7, 11) is 0. The Bertz CT molecular complexity index is 234. The molecule has 1 nitrogen and oxygen atoms in total. The lowest BCUT2D eigenvalue weighted by Crippen LogP contribution is -2.59. The first-order valence-corrected chi connectivity index (χ1v) is 9.21. The van der Waals surface area contributed by atoms with Crippen LogP contribution in [0.3, 0.4) is 0 Å². The maximum Gasteiger partial charge on any atom is 0.272 e. The van der Waals surface area contributed by atoms with E-state index in [2.05, 4.69) is 13.8 Å². The van der Waals surface area contributed by atoms with Crippen LogP contribution in [0.5, 0.6) is 0 Å². The van der Waals surface area contributed by atoms with Crippen molar-refractivity contribution < 1.29 is 8.78 Å². The van der Waals surface area contributed by atoms with Crippen LogP contribution < -0.4 is 0 Å². The van der Waals surface area contributed by atoms with Gasteiger partial charge in [-0.3, -0.25) is 4.90 Å². The van der Waals surface area contributed by atoms with Gasteiger partial charge in [-0.15, -0.1) is 0 Å². The van der Waals surface area contributed by atoms with Gasteiger partial charge in [-0.05, 0) is 12.8 Å². The summed E-state index contributed by atoms with van der Waals surface area (Å²) < 4.78 is 26.2. The van der Waals surface area contributed by atoms with Gasteiger partial charge in [0, 0.05) is 6.04 Å². The zero-order valence-electron chi connectivity index (χ0n) is 14.2. The summed E-state index contributed by atoms with van der Waals surface area (Å²) in [6, 6.07) is 0.410. The quantitative estimate of drug-likeness (QED) is 0.376. The van der Waals surface area contributed by atoms with Gasteiger partial charge in [0.1, 0.15) is 0 Å². The van der Waals surface area contributed by atoms with Crippen molar-refractivity contribution in [2.75, 3.05) is 13.1 Å². The van der Waals surface area contributed by atoms with Crippen LogP contribution in [0.2, 0.25) is 0 Å². The first kappa shape index (κ1) is 18.9. The third-order valence-corrected chi connectivity index (χ3v) is 4.67. The van der Waals surface area contributed by atoms with E-state index < -0.39 is 5.92 Å². The molecule has 0 unspecified atom stereocenters. The lowest BCUT2D eigenvalue weighted by Gasteiger charge is -2.44. The Morgan fingerprint density at radius 2 is 1.19 bits per heavy atom. The largest absolute Gasteiger partial charge is 0.288 e. The number of rotatable bonds is 13. The highest BCUT2D eigenvalue weighted by molar-refractivity contribution is 4.91. The minimum Gasteiger partial charge on any atom is -0.288 e. The molecule has 0 aliphatic carbocycles. The lowest BCUT2D eigenvalue weighted by molar-refractivity contribution is -0.148. The first-order chi connectivity index (χ1) is 10.1. The average molecular weight is 303 g/mol. The van der Waals surface area contributed by atoms with Crippen molar-refractivity contribution in [2.24, 2.45) is 0 Å². The van der Waals surface area contributed by atoms with Gasteiger partial charge in [-0.25, -0.2) is 8.78 Å². The fourth-order valence-electron chi connectivity index (χ4n) is 3.28. The highest BCUT2D eigenvalue weighted by Crippen LogP contribution is 2.32. The van der Waals surface area contributed by atoms with Crippen LogP contribution >= 0.6 is 0 Å². The van der Waals surface area contributed by atoms with Gasteiger partial charge in [-0.2, -0.15) is 0 Å². The molecule has 0 radical (unpaired) electrons. The van der Waals surface area contributed by atoms with Crippen molar-refractivity contribution in [3.8, 4) is 0 Å². The summed E-state index contributed by atoms with van der Waals surface area (Å²) in [5.41, 5.74) is 0. The number of nitrogens with zero attached hydrogens (tertiary/aromatic N) is 1. The number of hydrogen-bond acceptors (Lipinski definition) is 1. The number of hydrogen-bond donors (Lipinski definition) is 0. The van der Waals surface area contributed by atoms with Gasteiger partial charge < -0.3 is 0 Å². The van der Waals surface area contributed by atoms with Crippen LogP contribution in [0.4, 0.5) is 8.78 Å². The van der Waals surface area contributed by atoms with Crippen LogP contribution in [0.25, 0.3) is 0 Å². The summed E-state index contributed by atoms with van der Waals surface area (Å²) in [4.78, 5) is 2.03. The molecule has 0 bridgehead atoms. The summed E-state index contributed by atoms with van der Waals surface area (Å²) in [5, 5.41) is 0. The van der Waals surface area contributed by atoms with Crippen LogP contribution in [-0.4, -0.2) is 30.0 Å². The Hall–Kier alpha value is -0.180. The van der Waals surface area contributed by atoms with Crippen molar-refractivity contribution in [1.82, 2.24) is 4.90 Å². The standard InChI is InChI=1S/C18H35F2N/c1-3-5-7-9-11-13-17(14-12-10-8-6-4-2)21-15-18(19,20)16-21/h17H,3-16H2,1-2H3. The van der Waals surface area contributed by atoms with E-state index in [0.717, 1.165) is 12.8 Å². The molecule has 1 aliphatic heterocycles. The summed E-state index contributed by atoms with van der Waals surface area (Å²) in [5.74, 6) is -2.41. The van der Waals surface area contributed by atoms with Crippen molar-refractivity contribution in [3.63, 3.8) is 0 Å². The molecule has 0 aromatic heterocycles. The average Bonchev–Trinajstić information content (AvgIpc) is 2.42. The Morgan fingerprint density at radius 1 is 0.762 bits per heavy atom. The molecule has 3 heteroatoms. The minimum atomic E-state index is -2.41. The zero-order chi connectivity index (χ0) is 15.6. The molecule has 0 aromatic carbocycles. The Morgan fingerprint density at radius 3 is 1.57 bits per heavy atom. The fraction of sp³-hybridized carbons (Fsp3) is 1.00. The zero-order valence-corrected chi connectivity index (χ0v) is 14.2. The van der Waals surface area contributed by atoms with Gasteiger partial charge in [0.2, 0.25) is 0 Å². The molecule has 0 spiro atoms. The minimum absolute atomic E-state index is 0.00157. The van der Waals surface area contributed by atoms with Gasteiger partial charge in [0.05, 0.1) is 13.1 Å². The summed E-state index contributed by atoms with van der Waals surface area (Å²) >= 11 is 0. The monoisotopic (exact) mass is 303 g/mol. The lowest BCUT2D eigenvalue weighted by atomic mass is 9.95. The van der Waals surface area contributed by atoms with Gasteiger partial charge >= 0.3 is 0 Å². The first-order valence-electron chi connectivity index (χ1n) is 9.21. The molecule has 0 atom stereocenters. The molecule has 126 valence electrons. The SMILES string of the molecule is CCCCCCCC(CCCCCCC)N1CC(F)(F)C1. The molecule has 0 amide bonds. The summed E-state index contributed by atoms with van der Waals surface area (Å²) in [6.45, 7) is 4.45. The van der Waals surface area contributed by atoms with Gasteiger partial charge in [-0.1, -0.05) is 78.1 Å². The number of unbranched alkanes of at least 4 members (excludes halogenated alkanes) is 8. The second-order valence-electron chi connectivity index (χ2n) is 6.82. The molecule has 0 N–H and O–H groups in total. The van der Waals surface area contributed by atoms with Crippen molar-refractivity contribution in [1.29, 1.82) is 0 Å². The van der Waals surface area contributed by atoms with E-state index >= 15 is 0 Å². The van der Waals surface area contributed by atoms with Crippen LogP contribution in [0.1, 0.15) is 90.9 Å².